The first-order valence-electron chi connectivity index (χ1n) is 6.23. The quantitative estimate of drug-likeness (QED) is 0.599. The summed E-state index contributed by atoms with van der Waals surface area (Å²) >= 11 is 4.18. The highest BCUT2D eigenvalue weighted by atomic mass is 32.1. The average molecular weight is 301 g/mol. The minimum atomic E-state index is -0.242. The number of anilines is 1. The average Bonchev–Trinajstić information content (AvgIpc) is 2.49. The van der Waals surface area contributed by atoms with Crippen LogP contribution < -0.4 is 10.1 Å². The van der Waals surface area contributed by atoms with Crippen LogP contribution in [0.25, 0.3) is 6.08 Å². The zero-order valence-electron chi connectivity index (χ0n) is 11.4. The van der Waals surface area contributed by atoms with Crippen LogP contribution in [0.2, 0.25) is 0 Å². The van der Waals surface area contributed by atoms with Crippen LogP contribution in [0.3, 0.4) is 0 Å². The van der Waals surface area contributed by atoms with E-state index in [0.717, 1.165) is 10.5 Å². The van der Waals surface area contributed by atoms with E-state index in [2.05, 4.69) is 17.9 Å². The van der Waals surface area contributed by atoms with Gasteiger partial charge < -0.3 is 15.2 Å². The number of ether oxygens (including phenoxy) is 1. The van der Waals surface area contributed by atoms with Crippen molar-refractivity contribution in [2.75, 3.05) is 12.4 Å². The number of amides is 1. The van der Waals surface area contributed by atoms with Crippen LogP contribution in [-0.4, -0.2) is 18.1 Å². The standard InChI is InChI=1S/C16H15NO3S/c1-20-15-10-11(2-8-14(15)18)3-9-16(19)17-12-4-6-13(21)7-5-12/h2-10,18,21H,1H3,(H,17,19)/b9-3+. The zero-order chi connectivity index (χ0) is 15.2. The number of benzene rings is 2. The Balaban J connectivity index is 2.03. The summed E-state index contributed by atoms with van der Waals surface area (Å²) in [5.74, 6) is 0.182. The van der Waals surface area contributed by atoms with Gasteiger partial charge in [0.15, 0.2) is 11.5 Å². The second-order valence-corrected chi connectivity index (χ2v) is 4.82. The molecule has 21 heavy (non-hydrogen) atoms. The molecule has 4 nitrogen and oxygen atoms in total. The van der Waals surface area contributed by atoms with Gasteiger partial charge in [-0.05, 0) is 48.0 Å². The lowest BCUT2D eigenvalue weighted by atomic mass is 10.2. The maximum absolute atomic E-state index is 11.8. The van der Waals surface area contributed by atoms with Gasteiger partial charge in [0.1, 0.15) is 0 Å². The fraction of sp³-hybridized carbons (Fsp3) is 0.0625. The van der Waals surface area contributed by atoms with Gasteiger partial charge in [-0.1, -0.05) is 6.07 Å². The summed E-state index contributed by atoms with van der Waals surface area (Å²) in [6, 6.07) is 12.0. The van der Waals surface area contributed by atoms with E-state index in [-0.39, 0.29) is 11.7 Å². The van der Waals surface area contributed by atoms with E-state index in [0.29, 0.717) is 11.4 Å². The number of methoxy groups -OCH3 is 1. The second kappa shape index (κ2) is 6.85. The van der Waals surface area contributed by atoms with Crippen molar-refractivity contribution >= 4 is 30.3 Å². The number of rotatable bonds is 4. The molecule has 108 valence electrons. The van der Waals surface area contributed by atoms with Crippen molar-refractivity contribution in [3.05, 3.63) is 54.1 Å². The van der Waals surface area contributed by atoms with E-state index in [1.165, 1.54) is 19.3 Å². The van der Waals surface area contributed by atoms with E-state index in [9.17, 15) is 9.90 Å². The molecule has 0 aromatic heterocycles. The van der Waals surface area contributed by atoms with Crippen LogP contribution in [0.5, 0.6) is 11.5 Å². The predicted molar refractivity (Wildman–Crippen MR) is 86.0 cm³/mol. The summed E-state index contributed by atoms with van der Waals surface area (Å²) in [5, 5.41) is 12.2. The smallest absolute Gasteiger partial charge is 0.248 e. The molecule has 2 N–H and O–H groups in total. The van der Waals surface area contributed by atoms with Crippen molar-refractivity contribution in [3.63, 3.8) is 0 Å². The van der Waals surface area contributed by atoms with Gasteiger partial charge in [-0.15, -0.1) is 12.6 Å². The molecule has 0 heterocycles. The van der Waals surface area contributed by atoms with Crippen molar-refractivity contribution in [2.24, 2.45) is 0 Å². The number of carbonyl (C=O) groups is 1. The van der Waals surface area contributed by atoms with Gasteiger partial charge >= 0.3 is 0 Å². The van der Waals surface area contributed by atoms with E-state index >= 15 is 0 Å². The molecule has 0 saturated heterocycles. The van der Waals surface area contributed by atoms with Gasteiger partial charge in [0, 0.05) is 16.7 Å². The molecule has 0 bridgehead atoms. The first-order chi connectivity index (χ1) is 10.1. The van der Waals surface area contributed by atoms with Gasteiger partial charge in [-0.3, -0.25) is 4.79 Å². The molecule has 2 aromatic rings. The highest BCUT2D eigenvalue weighted by Crippen LogP contribution is 2.26. The van der Waals surface area contributed by atoms with E-state index < -0.39 is 0 Å². The number of hydrogen-bond donors (Lipinski definition) is 3. The van der Waals surface area contributed by atoms with Gasteiger partial charge in [0.2, 0.25) is 5.91 Å². The topological polar surface area (TPSA) is 58.6 Å². The van der Waals surface area contributed by atoms with Gasteiger partial charge in [0.25, 0.3) is 0 Å². The first-order valence-corrected chi connectivity index (χ1v) is 6.68. The second-order valence-electron chi connectivity index (χ2n) is 4.30. The van der Waals surface area contributed by atoms with Crippen molar-refractivity contribution in [1.82, 2.24) is 0 Å². The third kappa shape index (κ3) is 4.29. The molecule has 0 unspecified atom stereocenters. The van der Waals surface area contributed by atoms with Gasteiger partial charge in [-0.2, -0.15) is 0 Å². The number of phenols is 1. The molecule has 2 aromatic carbocycles. The Bertz CT molecular complexity index is 666. The van der Waals surface area contributed by atoms with E-state index in [4.69, 9.17) is 4.74 Å². The molecular weight excluding hydrogens is 286 g/mol. The van der Waals surface area contributed by atoms with Crippen LogP contribution in [0, 0.1) is 0 Å². The van der Waals surface area contributed by atoms with E-state index in [1.807, 2.05) is 0 Å². The molecule has 0 radical (unpaired) electrons. The molecule has 2 rings (SSSR count). The number of carbonyl (C=O) groups excluding carboxylic acids is 1. The summed E-state index contributed by atoms with van der Waals surface area (Å²) in [6.45, 7) is 0. The maximum Gasteiger partial charge on any atom is 0.248 e. The lowest BCUT2D eigenvalue weighted by Gasteiger charge is -2.04. The van der Waals surface area contributed by atoms with Crippen molar-refractivity contribution in [2.45, 2.75) is 4.90 Å². The molecule has 0 aliphatic heterocycles. The predicted octanol–water partition coefficient (Wildman–Crippen LogP) is 3.34. The number of thiol groups is 1. The number of nitrogens with one attached hydrogen (secondary N) is 1. The molecule has 0 atom stereocenters. The Hall–Kier alpha value is -2.40. The van der Waals surface area contributed by atoms with Crippen LogP contribution in [-0.2, 0) is 4.79 Å². The summed E-state index contributed by atoms with van der Waals surface area (Å²) in [6.07, 6.45) is 3.06. The molecule has 1 amide bonds. The monoisotopic (exact) mass is 301 g/mol. The van der Waals surface area contributed by atoms with Crippen LogP contribution in [0.4, 0.5) is 5.69 Å². The summed E-state index contributed by atoms with van der Waals surface area (Å²) in [7, 11) is 1.47. The van der Waals surface area contributed by atoms with Crippen molar-refractivity contribution in [3.8, 4) is 11.5 Å². The zero-order valence-corrected chi connectivity index (χ0v) is 12.3. The highest BCUT2D eigenvalue weighted by Gasteiger charge is 2.01. The van der Waals surface area contributed by atoms with Crippen molar-refractivity contribution < 1.29 is 14.6 Å². The molecular formula is C16H15NO3S. The minimum Gasteiger partial charge on any atom is -0.504 e. The van der Waals surface area contributed by atoms with Gasteiger partial charge in [-0.25, -0.2) is 0 Å². The minimum absolute atomic E-state index is 0.0611. The Morgan fingerprint density at radius 2 is 1.95 bits per heavy atom. The summed E-state index contributed by atoms with van der Waals surface area (Å²) < 4.78 is 5.01. The fourth-order valence-corrected chi connectivity index (χ4v) is 1.85. The Morgan fingerprint density at radius 3 is 2.62 bits per heavy atom. The normalized spacial score (nSPS) is 10.6. The third-order valence-corrected chi connectivity index (χ3v) is 3.06. The molecule has 0 fully saturated rings. The Morgan fingerprint density at radius 1 is 1.24 bits per heavy atom. The number of hydrogen-bond acceptors (Lipinski definition) is 4. The molecule has 0 spiro atoms. The largest absolute Gasteiger partial charge is 0.504 e. The lowest BCUT2D eigenvalue weighted by Crippen LogP contribution is -2.07. The fourth-order valence-electron chi connectivity index (χ4n) is 1.70. The van der Waals surface area contributed by atoms with Crippen molar-refractivity contribution in [1.29, 1.82) is 0 Å². The van der Waals surface area contributed by atoms with Crippen LogP contribution in [0.15, 0.2) is 53.4 Å². The molecule has 0 aliphatic rings. The Labute approximate surface area is 128 Å². The summed E-state index contributed by atoms with van der Waals surface area (Å²) in [4.78, 5) is 12.6. The van der Waals surface area contributed by atoms with E-state index in [1.54, 1.807) is 42.5 Å². The Kier molecular flexibility index (Phi) is 4.90. The molecule has 0 aliphatic carbocycles. The van der Waals surface area contributed by atoms with Crippen LogP contribution in [0.1, 0.15) is 5.56 Å². The highest BCUT2D eigenvalue weighted by molar-refractivity contribution is 7.80. The third-order valence-electron chi connectivity index (χ3n) is 2.77. The first kappa shape index (κ1) is 15.0. The summed E-state index contributed by atoms with van der Waals surface area (Å²) in [5.41, 5.74) is 1.45. The number of phenolic OH excluding ortho intramolecular Hbond substituents is 1. The number of aromatic hydroxyl groups is 1. The van der Waals surface area contributed by atoms with Crippen LogP contribution >= 0.6 is 12.6 Å². The molecule has 5 heteroatoms. The lowest BCUT2D eigenvalue weighted by molar-refractivity contribution is -0.111. The SMILES string of the molecule is COc1cc(/C=C/C(=O)Nc2ccc(S)cc2)ccc1O. The molecule has 0 saturated carbocycles. The maximum atomic E-state index is 11.8. The van der Waals surface area contributed by atoms with Gasteiger partial charge in [0.05, 0.1) is 7.11 Å².